The predicted octanol–water partition coefficient (Wildman–Crippen LogP) is -0.891. The molecule has 1 rings (SSSR count). The maximum atomic E-state index is 12.8. The van der Waals surface area contributed by atoms with E-state index in [2.05, 4.69) is 12.6 Å². The Morgan fingerprint density at radius 1 is 1.25 bits per heavy atom. The van der Waals surface area contributed by atoms with Gasteiger partial charge in [-0.05, 0) is 25.5 Å². The second-order valence-electron chi connectivity index (χ2n) is 3.50. The molecule has 0 aliphatic carbocycles. The monoisotopic (exact) mass is 273 g/mol. The van der Waals surface area contributed by atoms with Gasteiger partial charge in [-0.15, -0.1) is 18.1 Å². The van der Waals surface area contributed by atoms with Gasteiger partial charge >= 0.3 is 58.4 Å². The van der Waals surface area contributed by atoms with Gasteiger partial charge < -0.3 is 18.7 Å². The molecule has 0 amide bonds. The summed E-state index contributed by atoms with van der Waals surface area (Å²) in [7, 11) is 0. The van der Waals surface area contributed by atoms with Gasteiger partial charge in [0.15, 0.2) is 0 Å². The molecule has 16 heavy (non-hydrogen) atoms. The van der Waals surface area contributed by atoms with Crippen LogP contribution in [0.4, 0.5) is 12.9 Å². The van der Waals surface area contributed by atoms with Gasteiger partial charge in [0, 0.05) is 11.4 Å². The van der Waals surface area contributed by atoms with Gasteiger partial charge in [-0.1, -0.05) is 11.1 Å². The zero-order chi connectivity index (χ0) is 11.8. The average Bonchev–Trinajstić information content (AvgIpc) is 2.09. The zero-order valence-corrected chi connectivity index (χ0v) is 13.5. The summed E-state index contributed by atoms with van der Waals surface area (Å²) in [6.45, 7) is -2.03. The minimum atomic E-state index is -5.01. The van der Waals surface area contributed by atoms with E-state index < -0.39 is 12.4 Å². The summed E-state index contributed by atoms with van der Waals surface area (Å²) in [6, 6.07) is 1.60. The van der Waals surface area contributed by atoms with Crippen molar-refractivity contribution in [1.29, 1.82) is 0 Å². The Balaban J connectivity index is 0.00000225. The zero-order valence-electron chi connectivity index (χ0n) is 9.52. The van der Waals surface area contributed by atoms with Crippen LogP contribution in [-0.2, 0) is 6.54 Å². The average molecular weight is 273 g/mol. The molecule has 84 valence electrons. The smallest absolute Gasteiger partial charge is 0.445 e. The maximum Gasteiger partial charge on any atom is 1.00 e. The van der Waals surface area contributed by atoms with Crippen LogP contribution in [0.2, 0.25) is 0 Å². The fourth-order valence-corrected chi connectivity index (χ4v) is 1.95. The van der Waals surface area contributed by atoms with Crippen molar-refractivity contribution in [2.75, 3.05) is 0 Å². The van der Waals surface area contributed by atoms with Crippen LogP contribution in [0.1, 0.15) is 16.7 Å². The summed E-state index contributed by atoms with van der Waals surface area (Å²) in [5.41, 5.74) is 5.74. The molecule has 0 aromatic heterocycles. The molecule has 0 heterocycles. The van der Waals surface area contributed by atoms with Gasteiger partial charge in [0.1, 0.15) is 0 Å². The first-order valence-electron chi connectivity index (χ1n) is 4.51. The number of benzene rings is 1. The van der Waals surface area contributed by atoms with E-state index in [0.29, 0.717) is 10.5 Å². The Bertz CT molecular complexity index is 395. The van der Waals surface area contributed by atoms with E-state index in [-0.39, 0.29) is 69.1 Å². The Morgan fingerprint density at radius 3 is 2.12 bits per heavy atom. The largest absolute Gasteiger partial charge is 1.00 e. The van der Waals surface area contributed by atoms with E-state index >= 15 is 0 Å². The Hall–Kier alpha value is 1.02. The maximum absolute atomic E-state index is 12.8. The van der Waals surface area contributed by atoms with Crippen molar-refractivity contribution in [3.63, 3.8) is 0 Å². The van der Waals surface area contributed by atoms with Crippen LogP contribution in [0.25, 0.3) is 0 Å². The van der Waals surface area contributed by atoms with Crippen LogP contribution in [0.3, 0.4) is 0 Å². The topological polar surface area (TPSA) is 26.0 Å². The minimum Gasteiger partial charge on any atom is -0.445 e. The Labute approximate surface area is 141 Å². The SMILES string of the molecule is Cc1c(S)cc(CN)c(C)c1[B-](F)(F)F.[K+]. The summed E-state index contributed by atoms with van der Waals surface area (Å²) in [4.78, 5) is 0.343. The van der Waals surface area contributed by atoms with Crippen molar-refractivity contribution in [1.82, 2.24) is 0 Å². The van der Waals surface area contributed by atoms with E-state index in [0.717, 1.165) is 0 Å². The quantitative estimate of drug-likeness (QED) is 0.530. The fourth-order valence-electron chi connectivity index (χ4n) is 1.68. The molecule has 0 unspecified atom stereocenters. The van der Waals surface area contributed by atoms with Crippen LogP contribution in [0.5, 0.6) is 0 Å². The molecule has 0 fully saturated rings. The van der Waals surface area contributed by atoms with E-state index in [4.69, 9.17) is 5.73 Å². The van der Waals surface area contributed by atoms with E-state index in [9.17, 15) is 12.9 Å². The normalized spacial score (nSPS) is 11.2. The van der Waals surface area contributed by atoms with Crippen molar-refractivity contribution < 1.29 is 64.3 Å². The van der Waals surface area contributed by atoms with Crippen molar-refractivity contribution in [3.05, 3.63) is 22.8 Å². The molecule has 0 radical (unpaired) electrons. The molecule has 2 N–H and O–H groups in total. The van der Waals surface area contributed by atoms with E-state index in [1.54, 1.807) is 6.07 Å². The second-order valence-corrected chi connectivity index (χ2v) is 3.98. The third-order valence-corrected chi connectivity index (χ3v) is 3.00. The molecule has 1 aromatic carbocycles. The summed E-state index contributed by atoms with van der Waals surface area (Å²) in [6.07, 6.45) is 0. The van der Waals surface area contributed by atoms with Gasteiger partial charge in [-0.3, -0.25) is 0 Å². The summed E-state index contributed by atoms with van der Waals surface area (Å²) in [5.74, 6) is 0. The number of thiol groups is 1. The van der Waals surface area contributed by atoms with Crippen LogP contribution in [0, 0.1) is 13.8 Å². The Morgan fingerprint density at radius 2 is 1.75 bits per heavy atom. The molecule has 0 bridgehead atoms. The third kappa shape index (κ3) is 3.51. The van der Waals surface area contributed by atoms with Gasteiger partial charge in [0.2, 0.25) is 0 Å². The summed E-state index contributed by atoms with van der Waals surface area (Å²) < 4.78 is 38.4. The molecule has 0 aliphatic heterocycles. The van der Waals surface area contributed by atoms with Crippen molar-refractivity contribution in [2.24, 2.45) is 5.73 Å². The molecule has 0 saturated heterocycles. The number of nitrogens with two attached hydrogens (primary N) is 1. The first-order valence-corrected chi connectivity index (χ1v) is 4.95. The minimum absolute atomic E-state index is 0. The van der Waals surface area contributed by atoms with E-state index in [1.807, 2.05) is 0 Å². The van der Waals surface area contributed by atoms with Gasteiger partial charge in [0.25, 0.3) is 0 Å². The summed E-state index contributed by atoms with van der Waals surface area (Å²) in [5, 5.41) is 0. The number of halogens is 3. The van der Waals surface area contributed by atoms with Crippen LogP contribution >= 0.6 is 12.6 Å². The van der Waals surface area contributed by atoms with E-state index in [1.165, 1.54) is 13.8 Å². The fraction of sp³-hybridized carbons (Fsp3) is 0.333. The summed E-state index contributed by atoms with van der Waals surface area (Å²) >= 11 is 4.02. The first kappa shape index (κ1) is 17.0. The molecule has 1 nitrogen and oxygen atoms in total. The van der Waals surface area contributed by atoms with Crippen LogP contribution < -0.4 is 62.6 Å². The van der Waals surface area contributed by atoms with Gasteiger partial charge in [0.05, 0.1) is 0 Å². The standard InChI is InChI=1S/C9H12BF3NS.K/c1-5-7(4-14)3-8(15)6(2)9(5)10(11,12)13;/h3,15H,4,14H2,1-2H3;/q-1;+1. The molecule has 0 atom stereocenters. The molecule has 7 heteroatoms. The van der Waals surface area contributed by atoms with Crippen LogP contribution in [0.15, 0.2) is 11.0 Å². The molecule has 0 spiro atoms. The molecular weight excluding hydrogens is 261 g/mol. The molecule has 0 saturated carbocycles. The van der Waals surface area contributed by atoms with Crippen molar-refractivity contribution >= 4 is 25.1 Å². The number of rotatable bonds is 2. The number of hydrogen-bond acceptors (Lipinski definition) is 2. The first-order chi connectivity index (χ1) is 6.79. The third-order valence-electron chi connectivity index (χ3n) is 2.53. The van der Waals surface area contributed by atoms with Crippen LogP contribution in [-0.4, -0.2) is 6.98 Å². The Kier molecular flexibility index (Phi) is 6.66. The van der Waals surface area contributed by atoms with Gasteiger partial charge in [-0.2, -0.15) is 0 Å². The van der Waals surface area contributed by atoms with Crippen molar-refractivity contribution in [3.8, 4) is 0 Å². The predicted molar refractivity (Wildman–Crippen MR) is 59.8 cm³/mol. The molecule has 0 aliphatic rings. The number of hydrogen-bond donors (Lipinski definition) is 2. The second kappa shape index (κ2) is 6.26. The molecule has 1 aromatic rings. The molecular formula is C9H12BF3KNS. The van der Waals surface area contributed by atoms with Crippen molar-refractivity contribution in [2.45, 2.75) is 25.3 Å². The van der Waals surface area contributed by atoms with Gasteiger partial charge in [-0.25, -0.2) is 0 Å².